The normalized spacial score (nSPS) is 16.6. The van der Waals surface area contributed by atoms with Crippen molar-refractivity contribution in [2.45, 2.75) is 32.0 Å². The van der Waals surface area contributed by atoms with Gasteiger partial charge in [-0.3, -0.25) is 4.79 Å². The van der Waals surface area contributed by atoms with Gasteiger partial charge in [0.2, 0.25) is 5.82 Å². The molecule has 0 saturated carbocycles. The van der Waals surface area contributed by atoms with Gasteiger partial charge in [0, 0.05) is 35.5 Å². The van der Waals surface area contributed by atoms with Gasteiger partial charge >= 0.3 is 6.18 Å². The molecule has 2 heterocycles. The van der Waals surface area contributed by atoms with Crippen LogP contribution in [0.2, 0.25) is 0 Å². The third-order valence-electron chi connectivity index (χ3n) is 5.44. The highest BCUT2D eigenvalue weighted by Gasteiger charge is 2.38. The first-order valence-corrected chi connectivity index (χ1v) is 9.61. The minimum absolute atomic E-state index is 0.0253. The maximum Gasteiger partial charge on any atom is 0.416 e. The van der Waals surface area contributed by atoms with Crippen molar-refractivity contribution >= 4 is 11.5 Å². The summed E-state index contributed by atoms with van der Waals surface area (Å²) < 4.78 is 38.8. The molecule has 0 spiro atoms. The SMILES string of the molecule is CN1/C(=C/C(=O)Cn2nnc(-c3cccc(C(F)(F)F)c3)n2)C(C)(C)c2ccccc21. The molecule has 4 rings (SSSR count). The number of aromatic nitrogens is 4. The second-order valence-electron chi connectivity index (χ2n) is 7.92. The summed E-state index contributed by atoms with van der Waals surface area (Å²) in [5.41, 5.74) is 2.05. The lowest BCUT2D eigenvalue weighted by molar-refractivity contribution is -0.137. The molecule has 31 heavy (non-hydrogen) atoms. The van der Waals surface area contributed by atoms with E-state index in [1.165, 1.54) is 12.1 Å². The molecule has 1 aliphatic heterocycles. The largest absolute Gasteiger partial charge is 0.416 e. The molecule has 2 aromatic carbocycles. The van der Waals surface area contributed by atoms with E-state index in [9.17, 15) is 18.0 Å². The Bertz CT molecular complexity index is 1180. The number of nitrogens with zero attached hydrogens (tertiary/aromatic N) is 5. The molecular weight excluding hydrogens is 407 g/mol. The number of carbonyl (C=O) groups excluding carboxylic acids is 1. The molecule has 1 aromatic heterocycles. The van der Waals surface area contributed by atoms with E-state index in [-0.39, 0.29) is 29.1 Å². The molecule has 0 radical (unpaired) electrons. The Morgan fingerprint density at radius 3 is 2.58 bits per heavy atom. The first kappa shape index (κ1) is 20.8. The second kappa shape index (κ2) is 7.33. The van der Waals surface area contributed by atoms with Crippen LogP contribution in [-0.4, -0.2) is 33.0 Å². The summed E-state index contributed by atoms with van der Waals surface area (Å²) in [6, 6.07) is 12.6. The van der Waals surface area contributed by atoms with Crippen LogP contribution in [0, 0.1) is 0 Å². The number of rotatable bonds is 4. The van der Waals surface area contributed by atoms with Crippen LogP contribution in [-0.2, 0) is 22.9 Å². The number of hydrogen-bond acceptors (Lipinski definition) is 5. The summed E-state index contributed by atoms with van der Waals surface area (Å²) in [6.07, 6.45) is -2.90. The zero-order valence-corrected chi connectivity index (χ0v) is 17.2. The number of halogens is 3. The van der Waals surface area contributed by atoms with Gasteiger partial charge in [0.15, 0.2) is 5.78 Å². The fourth-order valence-electron chi connectivity index (χ4n) is 3.86. The highest BCUT2D eigenvalue weighted by atomic mass is 19.4. The monoisotopic (exact) mass is 427 g/mol. The van der Waals surface area contributed by atoms with Gasteiger partial charge in [-0.15, -0.1) is 10.2 Å². The lowest BCUT2D eigenvalue weighted by Crippen LogP contribution is -2.25. The quantitative estimate of drug-likeness (QED) is 0.583. The Morgan fingerprint density at radius 1 is 1.13 bits per heavy atom. The van der Waals surface area contributed by atoms with E-state index in [0.717, 1.165) is 33.9 Å². The molecule has 9 heteroatoms. The van der Waals surface area contributed by atoms with E-state index in [0.29, 0.717) is 0 Å². The Hall–Kier alpha value is -3.49. The van der Waals surface area contributed by atoms with E-state index >= 15 is 0 Å². The molecule has 0 fully saturated rings. The van der Waals surface area contributed by atoms with Crippen molar-refractivity contribution in [3.05, 3.63) is 71.4 Å². The number of ketones is 1. The van der Waals surface area contributed by atoms with E-state index in [2.05, 4.69) is 15.4 Å². The van der Waals surface area contributed by atoms with Crippen molar-refractivity contribution in [3.8, 4) is 11.4 Å². The molecule has 0 atom stereocenters. The summed E-state index contributed by atoms with van der Waals surface area (Å²) in [5.74, 6) is -0.215. The number of tetrazole rings is 1. The number of para-hydroxylation sites is 1. The van der Waals surface area contributed by atoms with Crippen LogP contribution in [0.4, 0.5) is 18.9 Å². The van der Waals surface area contributed by atoms with Crippen LogP contribution in [0.5, 0.6) is 0 Å². The van der Waals surface area contributed by atoms with Crippen molar-refractivity contribution < 1.29 is 18.0 Å². The summed E-state index contributed by atoms with van der Waals surface area (Å²) in [7, 11) is 1.91. The van der Waals surface area contributed by atoms with Gasteiger partial charge in [-0.05, 0) is 29.0 Å². The van der Waals surface area contributed by atoms with E-state index in [1.807, 2.05) is 50.1 Å². The van der Waals surface area contributed by atoms with Crippen molar-refractivity contribution in [1.29, 1.82) is 0 Å². The van der Waals surface area contributed by atoms with Gasteiger partial charge in [-0.2, -0.15) is 18.0 Å². The summed E-state index contributed by atoms with van der Waals surface area (Å²) in [4.78, 5) is 15.8. The predicted octanol–water partition coefficient (Wildman–Crippen LogP) is 4.24. The summed E-state index contributed by atoms with van der Waals surface area (Å²) >= 11 is 0. The first-order valence-electron chi connectivity index (χ1n) is 9.61. The van der Waals surface area contributed by atoms with Crippen LogP contribution >= 0.6 is 0 Å². The van der Waals surface area contributed by atoms with E-state index < -0.39 is 11.7 Å². The van der Waals surface area contributed by atoms with Gasteiger partial charge in [0.1, 0.15) is 6.54 Å². The maximum atomic E-state index is 12.9. The second-order valence-corrected chi connectivity index (χ2v) is 7.92. The van der Waals surface area contributed by atoms with Crippen molar-refractivity contribution in [3.63, 3.8) is 0 Å². The maximum absolute atomic E-state index is 12.9. The third kappa shape index (κ3) is 3.83. The number of benzene rings is 2. The zero-order valence-electron chi connectivity index (χ0n) is 17.2. The van der Waals surface area contributed by atoms with Gasteiger partial charge in [0.25, 0.3) is 0 Å². The number of hydrogen-bond donors (Lipinski definition) is 0. The Morgan fingerprint density at radius 2 is 1.87 bits per heavy atom. The summed E-state index contributed by atoms with van der Waals surface area (Å²) in [5, 5.41) is 11.7. The van der Waals surface area contributed by atoms with Crippen LogP contribution < -0.4 is 4.90 Å². The lowest BCUT2D eigenvalue weighted by atomic mass is 9.83. The minimum Gasteiger partial charge on any atom is -0.347 e. The molecule has 0 saturated heterocycles. The van der Waals surface area contributed by atoms with Crippen LogP contribution in [0.15, 0.2) is 60.3 Å². The van der Waals surface area contributed by atoms with Crippen molar-refractivity contribution in [2.24, 2.45) is 0 Å². The average Bonchev–Trinajstić information content (AvgIpc) is 3.25. The highest BCUT2D eigenvalue weighted by molar-refractivity contribution is 5.92. The van der Waals surface area contributed by atoms with Gasteiger partial charge < -0.3 is 4.90 Å². The number of anilines is 1. The molecule has 0 bridgehead atoms. The molecule has 0 amide bonds. The van der Waals surface area contributed by atoms with Crippen molar-refractivity contribution in [2.75, 3.05) is 11.9 Å². The third-order valence-corrected chi connectivity index (χ3v) is 5.44. The number of alkyl halides is 3. The summed E-state index contributed by atoms with van der Waals surface area (Å²) in [6.45, 7) is 3.93. The molecule has 1 aliphatic rings. The fourth-order valence-corrected chi connectivity index (χ4v) is 3.86. The Balaban J connectivity index is 1.54. The molecule has 6 nitrogen and oxygen atoms in total. The lowest BCUT2D eigenvalue weighted by Gasteiger charge is -2.23. The Kier molecular flexibility index (Phi) is 4.91. The molecule has 0 aliphatic carbocycles. The fraction of sp³-hybridized carbons (Fsp3) is 0.273. The van der Waals surface area contributed by atoms with E-state index in [1.54, 1.807) is 6.08 Å². The number of fused-ring (bicyclic) bond motifs is 1. The van der Waals surface area contributed by atoms with Gasteiger partial charge in [-0.25, -0.2) is 0 Å². The zero-order chi connectivity index (χ0) is 22.4. The van der Waals surface area contributed by atoms with Gasteiger partial charge in [0.05, 0.1) is 5.56 Å². The van der Waals surface area contributed by atoms with Crippen LogP contribution in [0.1, 0.15) is 25.0 Å². The number of likely N-dealkylation sites (N-methyl/N-ethyl adjacent to an activating group) is 1. The van der Waals surface area contributed by atoms with E-state index in [4.69, 9.17) is 0 Å². The number of carbonyl (C=O) groups is 1. The first-order chi connectivity index (χ1) is 14.6. The molecular formula is C22H20F3N5O. The van der Waals surface area contributed by atoms with Crippen LogP contribution in [0.25, 0.3) is 11.4 Å². The van der Waals surface area contributed by atoms with Crippen molar-refractivity contribution in [1.82, 2.24) is 20.2 Å². The predicted molar refractivity (Wildman–Crippen MR) is 109 cm³/mol. The topological polar surface area (TPSA) is 63.9 Å². The molecule has 0 N–H and O–H groups in total. The standard InChI is InChI=1S/C22H20F3N5O/c1-21(2)17-9-4-5-10-18(17)29(3)19(21)12-16(31)13-30-27-20(26-28-30)14-7-6-8-15(11-14)22(23,24)25/h4-12H,13H2,1-3H3/b19-12+. The van der Waals surface area contributed by atoms with Crippen LogP contribution in [0.3, 0.4) is 0 Å². The minimum atomic E-state index is -4.47. The molecule has 0 unspecified atom stereocenters. The van der Waals surface area contributed by atoms with Gasteiger partial charge in [-0.1, -0.05) is 44.2 Å². The Labute approximate surface area is 177 Å². The smallest absolute Gasteiger partial charge is 0.347 e. The molecule has 3 aromatic rings. The molecule has 160 valence electrons. The number of allylic oxidation sites excluding steroid dienone is 2. The average molecular weight is 427 g/mol. The highest BCUT2D eigenvalue weighted by Crippen LogP contribution is 2.46.